The predicted molar refractivity (Wildman–Crippen MR) is 120 cm³/mol. The van der Waals surface area contributed by atoms with Crippen molar-refractivity contribution in [3.05, 3.63) is 71.8 Å². The van der Waals surface area contributed by atoms with Crippen molar-refractivity contribution in [1.82, 2.24) is 0 Å². The molecule has 0 fully saturated rings. The SMILES string of the molecule is FC(F)(F)C(F)(F)C(F)(F)[C](F)(F)[Sn]([O]CCc1ccccc1)([O]CCc1ccccc1)[C](F)(F)C(F)(F)C(F)(F)C(F)(F)F. The van der Waals surface area contributed by atoms with Gasteiger partial charge in [0.05, 0.1) is 0 Å². The van der Waals surface area contributed by atoms with Gasteiger partial charge in [-0.25, -0.2) is 0 Å². The second kappa shape index (κ2) is 12.8. The van der Waals surface area contributed by atoms with E-state index in [0.717, 1.165) is 48.5 Å². The van der Waals surface area contributed by atoms with Gasteiger partial charge in [0.15, 0.2) is 0 Å². The average molecular weight is 799 g/mol. The summed E-state index contributed by atoms with van der Waals surface area (Å²) in [5.74, 6) is -32.6. The number of benzene rings is 2. The fourth-order valence-electron chi connectivity index (χ4n) is 3.68. The van der Waals surface area contributed by atoms with Crippen LogP contribution in [-0.4, -0.2) is 76.3 Å². The molecule has 0 atom stereocenters. The standard InChI is InChI=1S/2C8H9O.2C4F9.Sn/c2*9-7-6-8-4-2-1-3-5-8;2*5-1(6)2(7,8)3(9,10)4(11,12)13;/h2*1-5H,6-7H2;;;/q2*-1;;;+2. The van der Waals surface area contributed by atoms with Gasteiger partial charge in [-0.3, -0.25) is 0 Å². The van der Waals surface area contributed by atoms with Crippen LogP contribution in [0.3, 0.4) is 0 Å². The third-order valence-corrected chi connectivity index (χ3v) is 16.2. The monoisotopic (exact) mass is 800 g/mol. The molecule has 45 heavy (non-hydrogen) atoms. The summed E-state index contributed by atoms with van der Waals surface area (Å²) in [6.45, 7) is -4.00. The number of alkyl halides is 18. The summed E-state index contributed by atoms with van der Waals surface area (Å²) >= 11 is -10.5. The van der Waals surface area contributed by atoms with Gasteiger partial charge in [0, 0.05) is 0 Å². The van der Waals surface area contributed by atoms with Crippen molar-refractivity contribution in [3.8, 4) is 0 Å². The summed E-state index contributed by atoms with van der Waals surface area (Å²) in [5, 5.41) is 0. The van der Waals surface area contributed by atoms with E-state index < -0.39 is 89.2 Å². The molecule has 0 saturated heterocycles. The fourth-order valence-corrected chi connectivity index (χ4v) is 12.6. The maximum absolute atomic E-state index is 15.5. The first-order valence-electron chi connectivity index (χ1n) is 11.9. The zero-order valence-corrected chi connectivity index (χ0v) is 24.6. The molecule has 2 nitrogen and oxygen atoms in total. The van der Waals surface area contributed by atoms with Crippen LogP contribution in [0.1, 0.15) is 11.1 Å². The van der Waals surface area contributed by atoms with Crippen LogP contribution in [0.15, 0.2) is 60.7 Å². The first-order valence-corrected chi connectivity index (χ1v) is 17.1. The number of halogens is 18. The predicted octanol–water partition coefficient (Wildman–Crippen LogP) is 8.96. The Morgan fingerprint density at radius 1 is 0.400 bits per heavy atom. The molecule has 0 saturated carbocycles. The topological polar surface area (TPSA) is 18.5 Å². The van der Waals surface area contributed by atoms with Crippen molar-refractivity contribution in [2.75, 3.05) is 13.2 Å². The molecule has 0 N–H and O–H groups in total. The number of rotatable bonds is 14. The Morgan fingerprint density at radius 3 is 0.911 bits per heavy atom. The number of hydrogen-bond acceptors (Lipinski definition) is 2. The third-order valence-electron chi connectivity index (χ3n) is 6.19. The van der Waals surface area contributed by atoms with Crippen molar-refractivity contribution in [2.24, 2.45) is 0 Å². The van der Waals surface area contributed by atoms with Crippen molar-refractivity contribution in [2.45, 2.75) is 56.8 Å². The van der Waals surface area contributed by atoms with Crippen LogP contribution in [0, 0.1) is 0 Å². The number of hydrogen-bond donors (Lipinski definition) is 0. The summed E-state index contributed by atoms with van der Waals surface area (Å²) in [5.41, 5.74) is -0.401. The summed E-state index contributed by atoms with van der Waals surface area (Å²) in [6, 6.07) is 11.3. The molecule has 0 radical (unpaired) electrons. The van der Waals surface area contributed by atoms with Gasteiger partial charge in [-0.1, -0.05) is 0 Å². The van der Waals surface area contributed by atoms with E-state index in [1.54, 1.807) is 0 Å². The van der Waals surface area contributed by atoms with Crippen LogP contribution >= 0.6 is 0 Å². The Labute approximate surface area is 246 Å². The van der Waals surface area contributed by atoms with Gasteiger partial charge in [-0.15, -0.1) is 0 Å². The maximum atomic E-state index is 15.5. The second-order valence-electron chi connectivity index (χ2n) is 9.23. The van der Waals surface area contributed by atoms with Crippen LogP contribution < -0.4 is 0 Å². The summed E-state index contributed by atoms with van der Waals surface area (Å²) in [6.07, 6.45) is -17.6. The van der Waals surface area contributed by atoms with E-state index in [1.165, 1.54) is 12.1 Å². The van der Waals surface area contributed by atoms with Crippen LogP contribution in [0.25, 0.3) is 0 Å². The van der Waals surface area contributed by atoms with E-state index in [0.29, 0.717) is 0 Å². The molecule has 2 rings (SSSR count). The van der Waals surface area contributed by atoms with E-state index in [-0.39, 0.29) is 11.1 Å². The Balaban J connectivity index is 2.92. The van der Waals surface area contributed by atoms with Gasteiger partial charge in [0.1, 0.15) is 0 Å². The Kier molecular flexibility index (Phi) is 11.1. The summed E-state index contributed by atoms with van der Waals surface area (Å²) < 4.78 is 245. The van der Waals surface area contributed by atoms with Gasteiger partial charge in [0.2, 0.25) is 0 Å². The first-order chi connectivity index (χ1) is 20.2. The molecule has 0 heterocycles. The van der Waals surface area contributed by atoms with Crippen LogP contribution in [0.4, 0.5) is 79.0 Å². The van der Waals surface area contributed by atoms with E-state index in [9.17, 15) is 61.5 Å². The second-order valence-corrected chi connectivity index (χ2v) is 18.0. The van der Waals surface area contributed by atoms with E-state index in [1.807, 2.05) is 0 Å². The van der Waals surface area contributed by atoms with E-state index in [4.69, 9.17) is 0 Å². The van der Waals surface area contributed by atoms with Crippen molar-refractivity contribution < 1.29 is 85.2 Å². The third kappa shape index (κ3) is 6.68. The molecule has 2 aromatic carbocycles. The van der Waals surface area contributed by atoms with Crippen LogP contribution in [0.2, 0.25) is 0 Å². The minimum absolute atomic E-state index is 0.201. The molecule has 0 aliphatic heterocycles. The van der Waals surface area contributed by atoms with Crippen molar-refractivity contribution in [3.63, 3.8) is 0 Å². The fraction of sp³-hybridized carbons (Fsp3) is 0.500. The van der Waals surface area contributed by atoms with Gasteiger partial charge in [-0.05, 0) is 0 Å². The summed E-state index contributed by atoms with van der Waals surface area (Å²) in [7, 11) is 0. The minimum atomic E-state index is -10.5. The average Bonchev–Trinajstić information content (AvgIpc) is 2.91. The molecular weight excluding hydrogens is 781 g/mol. The summed E-state index contributed by atoms with van der Waals surface area (Å²) in [4.78, 5) is 0. The molecular formula is C24H18F18O2Sn. The van der Waals surface area contributed by atoms with E-state index >= 15 is 17.6 Å². The van der Waals surface area contributed by atoms with Crippen LogP contribution in [-0.2, 0) is 19.0 Å². The Morgan fingerprint density at radius 2 is 0.667 bits per heavy atom. The van der Waals surface area contributed by atoms with Gasteiger partial charge >= 0.3 is 246 Å². The molecule has 0 aromatic heterocycles. The zero-order valence-electron chi connectivity index (χ0n) is 21.7. The molecule has 256 valence electrons. The van der Waals surface area contributed by atoms with Gasteiger partial charge in [0.25, 0.3) is 0 Å². The van der Waals surface area contributed by atoms with E-state index in [2.05, 4.69) is 6.15 Å². The zero-order chi connectivity index (χ0) is 35.0. The molecule has 0 unspecified atom stereocenters. The van der Waals surface area contributed by atoms with Crippen molar-refractivity contribution >= 4 is 19.2 Å². The molecule has 0 bridgehead atoms. The Bertz CT molecular complexity index is 1150. The normalized spacial score (nSPS) is 15.0. The molecule has 0 spiro atoms. The van der Waals surface area contributed by atoms with Crippen molar-refractivity contribution in [1.29, 1.82) is 0 Å². The molecule has 0 amide bonds. The Hall–Kier alpha value is -2.10. The molecule has 2 aromatic rings. The molecule has 21 heteroatoms. The molecule has 0 aliphatic rings. The first kappa shape index (κ1) is 39.1. The van der Waals surface area contributed by atoms with Gasteiger partial charge < -0.3 is 0 Å². The molecule has 0 aliphatic carbocycles. The van der Waals surface area contributed by atoms with Gasteiger partial charge in [-0.2, -0.15) is 0 Å². The van der Waals surface area contributed by atoms with Crippen LogP contribution in [0.5, 0.6) is 0 Å². The quantitative estimate of drug-likeness (QED) is 0.141.